The number of aromatic nitrogens is 4. The maximum Gasteiger partial charge on any atom is 0.287 e. The predicted molar refractivity (Wildman–Crippen MR) is 285 cm³/mol. The summed E-state index contributed by atoms with van der Waals surface area (Å²) < 4.78 is 14.4. The van der Waals surface area contributed by atoms with Crippen LogP contribution in [0, 0.1) is 33.1 Å². The third-order valence-corrected chi connectivity index (χ3v) is 16.7. The number of thiazole rings is 1. The molecule has 2 fully saturated rings. The number of hydrogen-bond acceptors (Lipinski definition) is 13. The van der Waals surface area contributed by atoms with Gasteiger partial charge in [0.1, 0.15) is 46.4 Å². The summed E-state index contributed by atoms with van der Waals surface area (Å²) in [6, 6.07) is 19.4. The Morgan fingerprint density at radius 1 is 0.932 bits per heavy atom. The highest BCUT2D eigenvalue weighted by atomic mass is 35.5. The van der Waals surface area contributed by atoms with E-state index in [1.807, 2.05) is 100 Å². The number of fused-ring (bicyclic) bond motifs is 4. The number of halogens is 1. The molecule has 384 valence electrons. The van der Waals surface area contributed by atoms with Crippen LogP contribution >= 0.6 is 34.3 Å². The quantitative estimate of drug-likeness (QED) is 0.0862. The number of nitrogens with one attached hydrogen (secondary N) is 3. The molecule has 0 radical (unpaired) electrons. The lowest BCUT2D eigenvalue weighted by molar-refractivity contribution is -0.142. The van der Waals surface area contributed by atoms with Crippen molar-refractivity contribution in [2.75, 3.05) is 6.54 Å². The summed E-state index contributed by atoms with van der Waals surface area (Å²) in [5.41, 5.74) is 8.13. The summed E-state index contributed by atoms with van der Waals surface area (Å²) in [4.78, 5) is 69.0. The van der Waals surface area contributed by atoms with E-state index in [9.17, 15) is 24.3 Å². The number of aryl methyl sites for hydroxylation is 3. The molecule has 2 aliphatic heterocycles. The number of hydrogen-bond donors (Lipinski definition) is 4. The first-order valence-corrected chi connectivity index (χ1v) is 26.8. The van der Waals surface area contributed by atoms with Crippen LogP contribution in [0.3, 0.4) is 0 Å². The molecule has 1 saturated carbocycles. The second kappa shape index (κ2) is 20.2. The number of likely N-dealkylation sites (tertiary alicyclic amines) is 1. The van der Waals surface area contributed by atoms with Gasteiger partial charge in [0.05, 0.1) is 40.4 Å². The largest absolute Gasteiger partial charge is 0.490 e. The van der Waals surface area contributed by atoms with Gasteiger partial charge in [0, 0.05) is 64.3 Å². The molecule has 1 saturated heterocycles. The molecule has 7 aromatic rings. The lowest BCUT2D eigenvalue weighted by Crippen LogP contribution is -2.57. The molecule has 0 bridgehead atoms. The van der Waals surface area contributed by atoms with Gasteiger partial charge in [0.25, 0.3) is 5.91 Å². The number of thiophene rings is 1. The maximum absolute atomic E-state index is 14.4. The fraction of sp³-hybridized carbons (Fsp3) is 0.382. The fourth-order valence-corrected chi connectivity index (χ4v) is 12.1. The Labute approximate surface area is 441 Å². The highest BCUT2D eigenvalue weighted by Crippen LogP contribution is 2.40. The molecule has 4 amide bonds. The molecule has 0 spiro atoms. The number of amides is 4. The van der Waals surface area contributed by atoms with Crippen molar-refractivity contribution in [3.63, 3.8) is 0 Å². The zero-order valence-corrected chi connectivity index (χ0v) is 44.7. The molecule has 5 atom stereocenters. The van der Waals surface area contributed by atoms with E-state index in [1.165, 1.54) is 4.90 Å². The van der Waals surface area contributed by atoms with Gasteiger partial charge >= 0.3 is 0 Å². The Morgan fingerprint density at radius 3 is 2.36 bits per heavy atom. The SMILES string of the molecule is Cc1ncsc1-c1ccc([C@H](C)NC(=O)[C@@H]2C[C@@H](O)CN2C(=O)[C@@H](NC(=O)c2cc3ccc(O[C@H]4C[C@@H](NC(=O)C[C@@H]5N=C(c6ccc(Cl)cc6)c6c(sc(C)c6C)-n6c(C)nnc65)C4)cc3o2)C(C)(C)C)cc1. The van der Waals surface area contributed by atoms with Gasteiger partial charge in [-0.15, -0.1) is 32.9 Å². The summed E-state index contributed by atoms with van der Waals surface area (Å²) in [5, 5.41) is 31.1. The second-order valence-electron chi connectivity index (χ2n) is 20.7. The topological polar surface area (TPSA) is 206 Å². The smallest absolute Gasteiger partial charge is 0.287 e. The van der Waals surface area contributed by atoms with Crippen LogP contribution in [0.5, 0.6) is 5.75 Å². The Balaban J connectivity index is 0.754. The number of benzene rings is 3. The van der Waals surface area contributed by atoms with Gasteiger partial charge in [0.2, 0.25) is 17.7 Å². The van der Waals surface area contributed by atoms with Crippen molar-refractivity contribution < 1.29 is 33.4 Å². The van der Waals surface area contributed by atoms with Crippen molar-refractivity contribution in [3.8, 4) is 21.2 Å². The molecule has 74 heavy (non-hydrogen) atoms. The summed E-state index contributed by atoms with van der Waals surface area (Å²) in [7, 11) is 0. The Morgan fingerprint density at radius 2 is 1.66 bits per heavy atom. The van der Waals surface area contributed by atoms with Crippen LogP contribution in [-0.4, -0.2) is 96.0 Å². The molecule has 3 aliphatic rings. The van der Waals surface area contributed by atoms with Gasteiger partial charge in [-0.25, -0.2) is 4.98 Å². The second-order valence-corrected chi connectivity index (χ2v) is 23.2. The summed E-state index contributed by atoms with van der Waals surface area (Å²) >= 11 is 9.51. The van der Waals surface area contributed by atoms with Crippen molar-refractivity contribution in [3.05, 3.63) is 134 Å². The number of furan rings is 1. The van der Waals surface area contributed by atoms with Gasteiger partial charge in [-0.3, -0.25) is 28.7 Å². The van der Waals surface area contributed by atoms with Crippen molar-refractivity contribution in [1.29, 1.82) is 0 Å². The minimum atomic E-state index is -1.06. The van der Waals surface area contributed by atoms with E-state index in [1.54, 1.807) is 46.9 Å². The number of nitrogens with zero attached hydrogens (tertiary/aromatic N) is 6. The van der Waals surface area contributed by atoms with E-state index in [2.05, 4.69) is 45.0 Å². The molecule has 10 rings (SSSR count). The first-order valence-electron chi connectivity index (χ1n) is 24.8. The molecule has 16 nitrogen and oxygen atoms in total. The van der Waals surface area contributed by atoms with Gasteiger partial charge < -0.3 is 35.1 Å². The normalized spacial score (nSPS) is 20.2. The first-order chi connectivity index (χ1) is 35.3. The number of β-amino-alcohol motifs (C(OH)–C–C–N with tert-alkyl or cyclic N) is 1. The summed E-state index contributed by atoms with van der Waals surface area (Å²) in [6.07, 6.45) is 0.228. The van der Waals surface area contributed by atoms with Crippen LogP contribution in [0.15, 0.2) is 87.7 Å². The van der Waals surface area contributed by atoms with Gasteiger partial charge in [-0.05, 0) is 87.1 Å². The fourth-order valence-electron chi connectivity index (χ4n) is 9.98. The number of aliphatic hydroxyl groups is 1. The van der Waals surface area contributed by atoms with Gasteiger partial charge in [0.15, 0.2) is 11.6 Å². The average Bonchev–Trinajstić information content (AvgIpc) is 4.19. The Kier molecular flexibility index (Phi) is 13.9. The molecular weight excluding hydrogens is 998 g/mol. The van der Waals surface area contributed by atoms with Gasteiger partial charge in [-0.1, -0.05) is 68.8 Å². The van der Waals surface area contributed by atoms with Crippen LogP contribution in [0.2, 0.25) is 5.02 Å². The molecular formula is C55H58ClN9O7S2. The minimum Gasteiger partial charge on any atom is -0.490 e. The number of rotatable bonds is 13. The molecule has 1 aliphatic carbocycles. The van der Waals surface area contributed by atoms with E-state index in [-0.39, 0.29) is 49.2 Å². The molecule has 4 aromatic heterocycles. The number of ether oxygens (including phenoxy) is 1. The molecule has 4 N–H and O–H groups in total. The molecule has 0 unspecified atom stereocenters. The van der Waals surface area contributed by atoms with Crippen molar-refractivity contribution in [1.82, 2.24) is 40.6 Å². The number of aliphatic imine (C=N–C) groups is 1. The van der Waals surface area contributed by atoms with E-state index in [0.29, 0.717) is 40.4 Å². The molecule has 3 aromatic carbocycles. The Bertz CT molecular complexity index is 3330. The summed E-state index contributed by atoms with van der Waals surface area (Å²) in [5.74, 6) is 0.238. The van der Waals surface area contributed by atoms with Crippen molar-refractivity contribution in [2.24, 2.45) is 10.4 Å². The highest BCUT2D eigenvalue weighted by molar-refractivity contribution is 7.15. The highest BCUT2D eigenvalue weighted by Gasteiger charge is 2.45. The van der Waals surface area contributed by atoms with Crippen molar-refractivity contribution in [2.45, 2.75) is 123 Å². The van der Waals surface area contributed by atoms with E-state index < -0.39 is 47.4 Å². The summed E-state index contributed by atoms with van der Waals surface area (Å²) in [6.45, 7) is 15.4. The first kappa shape index (κ1) is 50.8. The third-order valence-electron chi connectivity index (χ3n) is 14.2. The van der Waals surface area contributed by atoms with Crippen LogP contribution in [0.25, 0.3) is 26.4 Å². The van der Waals surface area contributed by atoms with Crippen molar-refractivity contribution >= 4 is 74.6 Å². The Hall–Kier alpha value is -6.73. The number of carbonyl (C=O) groups excluding carboxylic acids is 4. The van der Waals surface area contributed by atoms with Gasteiger partial charge in [-0.2, -0.15) is 0 Å². The van der Waals surface area contributed by atoms with E-state index in [0.717, 1.165) is 59.8 Å². The molecule has 6 heterocycles. The maximum atomic E-state index is 14.4. The standard InChI is InChI=1S/C55H58ClN9O7S2/c1-27-30(4)74-54-46(27)47(33-13-16-36(56)17-14-33)60-41(50-63-62-31(5)65(50)54)24-45(67)59-37-20-40(21-37)71-39-18-15-35-19-44(72-43(35)23-39)52(69)61-49(55(6,7)8)53(70)64-25-38(66)22-42(64)51(68)58-28(2)32-9-11-34(12-10-32)48-29(3)57-26-73-48/h9-19,23,26,28,37-38,40-42,49,66H,20-22,24-25H2,1-8H3,(H,58,68)(H,59,67)(H,61,69)/t28-,37-,38+,40+,41-,42-,49+/m0/s1. The third kappa shape index (κ3) is 10.1. The van der Waals surface area contributed by atoms with E-state index >= 15 is 0 Å². The average molecular weight is 1060 g/mol. The zero-order chi connectivity index (χ0) is 52.3. The van der Waals surface area contributed by atoms with Crippen LogP contribution < -0.4 is 20.7 Å². The lowest BCUT2D eigenvalue weighted by Gasteiger charge is -2.36. The van der Waals surface area contributed by atoms with E-state index in [4.69, 9.17) is 25.7 Å². The lowest BCUT2D eigenvalue weighted by atomic mass is 9.85. The molecule has 19 heteroatoms. The minimum absolute atomic E-state index is 0.000667. The van der Waals surface area contributed by atoms with Crippen LogP contribution in [0.4, 0.5) is 0 Å². The predicted octanol–water partition coefficient (Wildman–Crippen LogP) is 9.08. The zero-order valence-electron chi connectivity index (χ0n) is 42.4. The monoisotopic (exact) mass is 1060 g/mol. The number of carbonyl (C=O) groups is 4. The van der Waals surface area contributed by atoms with Crippen LogP contribution in [0.1, 0.15) is 120 Å². The van der Waals surface area contributed by atoms with Crippen LogP contribution in [-0.2, 0) is 14.4 Å². The number of aliphatic hydroxyl groups excluding tert-OH is 1.